The molecule has 1 aliphatic heterocycles. The Morgan fingerprint density at radius 1 is 1.11 bits per heavy atom. The Labute approximate surface area is 163 Å². The number of cyclic esters (lactones) is 1. The van der Waals surface area contributed by atoms with Gasteiger partial charge in [0.15, 0.2) is 0 Å². The minimum absolute atomic E-state index is 0.145. The van der Waals surface area contributed by atoms with Gasteiger partial charge in [0, 0.05) is 24.4 Å². The van der Waals surface area contributed by atoms with Crippen LogP contribution in [-0.2, 0) is 11.2 Å². The number of fused-ring (bicyclic) bond motifs is 1. The Balaban J connectivity index is 1.55. The number of amides is 1. The zero-order chi connectivity index (χ0) is 19.5. The number of ether oxygens (including phenoxy) is 1. The molecule has 2 aromatic carbocycles. The van der Waals surface area contributed by atoms with Gasteiger partial charge in [-0.3, -0.25) is 9.78 Å². The molecule has 5 nitrogen and oxygen atoms in total. The van der Waals surface area contributed by atoms with Crippen molar-refractivity contribution in [2.24, 2.45) is 0 Å². The van der Waals surface area contributed by atoms with E-state index in [0.717, 1.165) is 16.7 Å². The maximum absolute atomic E-state index is 12.7. The highest BCUT2D eigenvalue weighted by Gasteiger charge is 2.28. The highest BCUT2D eigenvalue weighted by atomic mass is 16.5. The lowest BCUT2D eigenvalue weighted by molar-refractivity contribution is 0.0252. The fourth-order valence-corrected chi connectivity index (χ4v) is 3.41. The fourth-order valence-electron chi connectivity index (χ4n) is 3.41. The summed E-state index contributed by atoms with van der Waals surface area (Å²) in [6, 6.07) is 18.4. The summed E-state index contributed by atoms with van der Waals surface area (Å²) >= 11 is 0. The number of hydrogen-bond donors (Lipinski definition) is 1. The minimum atomic E-state index is -0.354. The SMILES string of the molecule is CC(NC(=O)c1ccc2c(c1)CC(c1ccccc1)OC2=O)c1ccncc1. The average Bonchev–Trinajstić information content (AvgIpc) is 2.74. The molecule has 1 aromatic heterocycles. The number of aromatic nitrogens is 1. The van der Waals surface area contributed by atoms with Crippen molar-refractivity contribution >= 4 is 11.9 Å². The molecule has 0 spiro atoms. The van der Waals surface area contributed by atoms with E-state index in [1.807, 2.05) is 49.4 Å². The quantitative estimate of drug-likeness (QED) is 0.702. The molecule has 4 rings (SSSR count). The molecule has 0 fully saturated rings. The molecule has 1 N–H and O–H groups in total. The highest BCUT2D eigenvalue weighted by Crippen LogP contribution is 2.31. The van der Waals surface area contributed by atoms with Gasteiger partial charge in [0.2, 0.25) is 0 Å². The zero-order valence-electron chi connectivity index (χ0n) is 15.5. The van der Waals surface area contributed by atoms with Crippen LogP contribution in [0.3, 0.4) is 0 Å². The van der Waals surface area contributed by atoms with E-state index in [9.17, 15) is 9.59 Å². The molecule has 1 amide bonds. The summed E-state index contributed by atoms with van der Waals surface area (Å²) < 4.78 is 5.58. The van der Waals surface area contributed by atoms with Gasteiger partial charge in [-0.25, -0.2) is 4.79 Å². The van der Waals surface area contributed by atoms with Gasteiger partial charge in [0.05, 0.1) is 11.6 Å². The Morgan fingerprint density at radius 2 is 1.86 bits per heavy atom. The number of nitrogens with zero attached hydrogens (tertiary/aromatic N) is 1. The topological polar surface area (TPSA) is 68.3 Å². The molecule has 140 valence electrons. The highest BCUT2D eigenvalue weighted by molar-refractivity contribution is 5.98. The lowest BCUT2D eigenvalue weighted by atomic mass is 9.93. The van der Waals surface area contributed by atoms with Gasteiger partial charge in [-0.2, -0.15) is 0 Å². The third-order valence-electron chi connectivity index (χ3n) is 4.97. The number of carbonyl (C=O) groups is 2. The molecule has 0 aliphatic carbocycles. The standard InChI is InChI=1S/C23H20N2O3/c1-15(16-9-11-24-12-10-16)25-22(26)18-7-8-20-19(13-18)14-21(28-23(20)27)17-5-3-2-4-6-17/h2-13,15,21H,14H2,1H3,(H,25,26). The van der Waals surface area contributed by atoms with Crippen LogP contribution in [0.2, 0.25) is 0 Å². The van der Waals surface area contributed by atoms with Gasteiger partial charge >= 0.3 is 5.97 Å². The van der Waals surface area contributed by atoms with Crippen LogP contribution in [0.4, 0.5) is 0 Å². The van der Waals surface area contributed by atoms with Gasteiger partial charge in [-0.05, 0) is 53.9 Å². The summed E-state index contributed by atoms with van der Waals surface area (Å²) in [5.74, 6) is -0.533. The van der Waals surface area contributed by atoms with Gasteiger partial charge in [0.25, 0.3) is 5.91 Å². The molecule has 0 saturated heterocycles. The molecule has 5 heteroatoms. The van der Waals surface area contributed by atoms with Crippen molar-refractivity contribution in [3.8, 4) is 0 Å². The number of esters is 1. The summed E-state index contributed by atoms with van der Waals surface area (Å²) in [5.41, 5.74) is 3.80. The van der Waals surface area contributed by atoms with E-state index in [1.165, 1.54) is 0 Å². The van der Waals surface area contributed by atoms with Crippen LogP contribution in [0.25, 0.3) is 0 Å². The number of pyridine rings is 1. The van der Waals surface area contributed by atoms with E-state index in [4.69, 9.17) is 4.74 Å². The second-order valence-corrected chi connectivity index (χ2v) is 6.86. The number of hydrogen-bond acceptors (Lipinski definition) is 4. The lowest BCUT2D eigenvalue weighted by Crippen LogP contribution is -2.28. The third kappa shape index (κ3) is 3.64. The second-order valence-electron chi connectivity index (χ2n) is 6.86. The van der Waals surface area contributed by atoms with Crippen LogP contribution < -0.4 is 5.32 Å². The number of benzene rings is 2. The molecule has 3 aromatic rings. The first kappa shape index (κ1) is 17.9. The number of nitrogens with one attached hydrogen (secondary N) is 1. The second kappa shape index (κ2) is 7.64. The monoisotopic (exact) mass is 372 g/mol. The maximum Gasteiger partial charge on any atom is 0.339 e. The lowest BCUT2D eigenvalue weighted by Gasteiger charge is -2.25. The van der Waals surface area contributed by atoms with E-state index in [1.54, 1.807) is 30.6 Å². The van der Waals surface area contributed by atoms with E-state index >= 15 is 0 Å². The van der Waals surface area contributed by atoms with Crippen LogP contribution >= 0.6 is 0 Å². The van der Waals surface area contributed by atoms with Crippen LogP contribution in [0.15, 0.2) is 73.1 Å². The van der Waals surface area contributed by atoms with Crippen molar-refractivity contribution in [1.82, 2.24) is 10.3 Å². The van der Waals surface area contributed by atoms with Crippen LogP contribution in [0.1, 0.15) is 56.5 Å². The minimum Gasteiger partial charge on any atom is -0.454 e. The average molecular weight is 372 g/mol. The Bertz CT molecular complexity index is 1000. The van der Waals surface area contributed by atoms with E-state index in [2.05, 4.69) is 10.3 Å². The molecule has 0 radical (unpaired) electrons. The molecular formula is C23H20N2O3. The first-order chi connectivity index (χ1) is 13.6. The van der Waals surface area contributed by atoms with E-state index in [0.29, 0.717) is 17.5 Å². The van der Waals surface area contributed by atoms with Crippen molar-refractivity contribution < 1.29 is 14.3 Å². The Morgan fingerprint density at radius 3 is 2.61 bits per heavy atom. The van der Waals surface area contributed by atoms with Crippen molar-refractivity contribution in [1.29, 1.82) is 0 Å². The van der Waals surface area contributed by atoms with E-state index in [-0.39, 0.29) is 24.0 Å². The van der Waals surface area contributed by atoms with Crippen LogP contribution in [0.5, 0.6) is 0 Å². The number of rotatable bonds is 4. The summed E-state index contributed by atoms with van der Waals surface area (Å²) in [6.07, 6.45) is 3.61. The molecule has 2 heterocycles. The first-order valence-corrected chi connectivity index (χ1v) is 9.21. The first-order valence-electron chi connectivity index (χ1n) is 9.21. The molecule has 2 unspecified atom stereocenters. The summed E-state index contributed by atoms with van der Waals surface area (Å²) in [4.78, 5) is 29.1. The Kier molecular flexibility index (Phi) is 4.89. The molecule has 28 heavy (non-hydrogen) atoms. The normalized spacial score (nSPS) is 16.6. The molecular weight excluding hydrogens is 352 g/mol. The third-order valence-corrected chi connectivity index (χ3v) is 4.97. The van der Waals surface area contributed by atoms with Crippen molar-refractivity contribution in [2.45, 2.75) is 25.5 Å². The van der Waals surface area contributed by atoms with Gasteiger partial charge in [0.1, 0.15) is 6.10 Å². The van der Waals surface area contributed by atoms with Crippen LogP contribution in [-0.4, -0.2) is 16.9 Å². The number of carbonyl (C=O) groups excluding carboxylic acids is 2. The zero-order valence-corrected chi connectivity index (χ0v) is 15.5. The van der Waals surface area contributed by atoms with Crippen molar-refractivity contribution in [3.63, 3.8) is 0 Å². The summed E-state index contributed by atoms with van der Waals surface area (Å²) in [7, 11) is 0. The summed E-state index contributed by atoms with van der Waals surface area (Å²) in [5, 5.41) is 2.99. The summed E-state index contributed by atoms with van der Waals surface area (Å²) in [6.45, 7) is 1.93. The van der Waals surface area contributed by atoms with E-state index < -0.39 is 0 Å². The Hall–Kier alpha value is -3.47. The fraction of sp³-hybridized carbons (Fsp3) is 0.174. The molecule has 0 bridgehead atoms. The van der Waals surface area contributed by atoms with Gasteiger partial charge in [-0.15, -0.1) is 0 Å². The maximum atomic E-state index is 12.7. The van der Waals surface area contributed by atoms with Crippen LogP contribution in [0, 0.1) is 0 Å². The largest absolute Gasteiger partial charge is 0.454 e. The predicted octanol–water partition coefficient (Wildman–Crippen LogP) is 4.03. The van der Waals surface area contributed by atoms with Crippen molar-refractivity contribution in [3.05, 3.63) is 101 Å². The van der Waals surface area contributed by atoms with Crippen molar-refractivity contribution in [2.75, 3.05) is 0 Å². The molecule has 2 atom stereocenters. The molecule has 0 saturated carbocycles. The van der Waals surface area contributed by atoms with Gasteiger partial charge in [-0.1, -0.05) is 30.3 Å². The van der Waals surface area contributed by atoms with Gasteiger partial charge < -0.3 is 10.1 Å². The predicted molar refractivity (Wildman–Crippen MR) is 105 cm³/mol. The molecule has 1 aliphatic rings. The smallest absolute Gasteiger partial charge is 0.339 e.